The van der Waals surface area contributed by atoms with Crippen LogP contribution in [0, 0.1) is 6.92 Å². The molecule has 1 saturated heterocycles. The van der Waals surface area contributed by atoms with Gasteiger partial charge in [-0.2, -0.15) is 10.1 Å². The summed E-state index contributed by atoms with van der Waals surface area (Å²) in [5.74, 6) is 0.624. The van der Waals surface area contributed by atoms with Gasteiger partial charge in [-0.25, -0.2) is 4.79 Å². The topological polar surface area (TPSA) is 93.7 Å². The van der Waals surface area contributed by atoms with Gasteiger partial charge in [0.15, 0.2) is 11.2 Å². The molecule has 1 aliphatic heterocycles. The Labute approximate surface area is 143 Å². The number of hydrogen-bond donors (Lipinski definition) is 1. The monoisotopic (exact) mass is 343 g/mol. The van der Waals surface area contributed by atoms with Crippen molar-refractivity contribution in [1.29, 1.82) is 0 Å². The van der Waals surface area contributed by atoms with Crippen LogP contribution in [0.3, 0.4) is 0 Å². The van der Waals surface area contributed by atoms with Crippen LogP contribution >= 0.6 is 0 Å². The van der Waals surface area contributed by atoms with Crippen LogP contribution < -0.4 is 16.1 Å². The van der Waals surface area contributed by atoms with Crippen LogP contribution in [0.5, 0.6) is 0 Å². The standard InChI is InChI=1S/C16H21N7O2/c1-9-10(8-20(2)19-9)11-6-5-7-23(11)15-17-12-13(18-15)21(3)16(25)22(4)14(12)24/h8,11H,5-7H2,1-4H3,(H,17,18). The molecule has 0 radical (unpaired) electrons. The number of aryl methyl sites for hydroxylation is 3. The van der Waals surface area contributed by atoms with Gasteiger partial charge in [0.2, 0.25) is 5.95 Å². The lowest BCUT2D eigenvalue weighted by molar-refractivity contribution is 0.699. The summed E-state index contributed by atoms with van der Waals surface area (Å²) in [4.78, 5) is 34.4. The molecule has 1 fully saturated rings. The van der Waals surface area contributed by atoms with Crippen LogP contribution in [0.2, 0.25) is 0 Å². The zero-order chi connectivity index (χ0) is 17.9. The number of aromatic nitrogens is 6. The van der Waals surface area contributed by atoms with Gasteiger partial charge >= 0.3 is 5.69 Å². The van der Waals surface area contributed by atoms with E-state index in [0.29, 0.717) is 17.1 Å². The number of aromatic amines is 1. The molecule has 25 heavy (non-hydrogen) atoms. The summed E-state index contributed by atoms with van der Waals surface area (Å²) in [5, 5.41) is 4.44. The third-order valence-corrected chi connectivity index (χ3v) is 5.02. The molecule has 9 heteroatoms. The Morgan fingerprint density at radius 2 is 1.96 bits per heavy atom. The van der Waals surface area contributed by atoms with Crippen LogP contribution in [0.1, 0.15) is 30.1 Å². The molecule has 0 saturated carbocycles. The Morgan fingerprint density at radius 1 is 1.20 bits per heavy atom. The summed E-state index contributed by atoms with van der Waals surface area (Å²) in [7, 11) is 5.01. The lowest BCUT2D eigenvalue weighted by Gasteiger charge is -2.23. The lowest BCUT2D eigenvalue weighted by Crippen LogP contribution is -2.36. The third kappa shape index (κ3) is 2.22. The van der Waals surface area contributed by atoms with E-state index in [0.717, 1.165) is 29.6 Å². The van der Waals surface area contributed by atoms with Crippen molar-refractivity contribution < 1.29 is 0 Å². The SMILES string of the molecule is Cc1nn(C)cc1C1CCCN1c1nc2c([nH]1)c(=O)n(C)c(=O)n2C. The molecule has 0 bridgehead atoms. The Balaban J connectivity index is 1.85. The fourth-order valence-electron chi connectivity index (χ4n) is 3.74. The minimum Gasteiger partial charge on any atom is -0.335 e. The second-order valence-corrected chi connectivity index (χ2v) is 6.66. The first kappa shape index (κ1) is 15.7. The Kier molecular flexibility index (Phi) is 3.34. The molecule has 1 unspecified atom stereocenters. The van der Waals surface area contributed by atoms with Gasteiger partial charge in [-0.15, -0.1) is 0 Å². The summed E-state index contributed by atoms with van der Waals surface area (Å²) >= 11 is 0. The molecule has 3 aromatic rings. The van der Waals surface area contributed by atoms with Crippen LogP contribution in [-0.4, -0.2) is 35.4 Å². The van der Waals surface area contributed by atoms with Crippen LogP contribution in [0.25, 0.3) is 11.2 Å². The maximum atomic E-state index is 12.4. The van der Waals surface area contributed by atoms with Gasteiger partial charge in [-0.05, 0) is 19.8 Å². The number of fused-ring (bicyclic) bond motifs is 1. The van der Waals surface area contributed by atoms with E-state index in [9.17, 15) is 9.59 Å². The fourth-order valence-corrected chi connectivity index (χ4v) is 3.74. The Bertz CT molecular complexity index is 1080. The zero-order valence-electron chi connectivity index (χ0n) is 14.8. The predicted molar refractivity (Wildman–Crippen MR) is 93.8 cm³/mol. The molecule has 0 amide bonds. The first-order chi connectivity index (χ1) is 11.9. The molecular weight excluding hydrogens is 322 g/mol. The van der Waals surface area contributed by atoms with Gasteiger partial charge in [-0.3, -0.25) is 18.6 Å². The number of hydrogen-bond acceptors (Lipinski definition) is 5. The maximum absolute atomic E-state index is 12.4. The molecule has 1 aliphatic rings. The number of anilines is 1. The van der Waals surface area contributed by atoms with Gasteiger partial charge in [0.05, 0.1) is 11.7 Å². The highest BCUT2D eigenvalue weighted by Gasteiger charge is 2.31. The molecule has 4 rings (SSSR count). The molecule has 0 spiro atoms. The number of rotatable bonds is 2. The number of H-pyrrole nitrogens is 1. The summed E-state index contributed by atoms with van der Waals surface area (Å²) in [6.45, 7) is 2.84. The van der Waals surface area contributed by atoms with E-state index in [2.05, 4.69) is 20.0 Å². The highest BCUT2D eigenvalue weighted by molar-refractivity contribution is 5.73. The van der Waals surface area contributed by atoms with Crippen molar-refractivity contribution in [2.24, 2.45) is 21.1 Å². The van der Waals surface area contributed by atoms with Crippen molar-refractivity contribution in [2.45, 2.75) is 25.8 Å². The largest absolute Gasteiger partial charge is 0.335 e. The zero-order valence-corrected chi connectivity index (χ0v) is 14.8. The predicted octanol–water partition coefficient (Wildman–Crippen LogP) is 0.344. The van der Waals surface area contributed by atoms with Crippen molar-refractivity contribution in [3.8, 4) is 0 Å². The molecule has 0 aliphatic carbocycles. The average molecular weight is 343 g/mol. The number of imidazole rings is 1. The van der Waals surface area contributed by atoms with Crippen molar-refractivity contribution in [2.75, 3.05) is 11.4 Å². The minimum absolute atomic E-state index is 0.162. The summed E-state index contributed by atoms with van der Waals surface area (Å²) in [5.41, 5.74) is 2.17. The third-order valence-electron chi connectivity index (χ3n) is 5.02. The smallest absolute Gasteiger partial charge is 0.332 e. The van der Waals surface area contributed by atoms with Crippen molar-refractivity contribution in [1.82, 2.24) is 28.9 Å². The normalized spacial score (nSPS) is 17.8. The van der Waals surface area contributed by atoms with Gasteiger partial charge in [0.1, 0.15) is 0 Å². The quantitative estimate of drug-likeness (QED) is 0.724. The van der Waals surface area contributed by atoms with E-state index >= 15 is 0 Å². The summed E-state index contributed by atoms with van der Waals surface area (Å²) in [6, 6.07) is 0.162. The number of nitrogens with one attached hydrogen (secondary N) is 1. The van der Waals surface area contributed by atoms with Gasteiger partial charge in [-0.1, -0.05) is 0 Å². The second-order valence-electron chi connectivity index (χ2n) is 6.66. The summed E-state index contributed by atoms with van der Waals surface area (Å²) < 4.78 is 4.31. The molecule has 1 N–H and O–H groups in total. The highest BCUT2D eigenvalue weighted by atomic mass is 16.2. The first-order valence-electron chi connectivity index (χ1n) is 8.31. The van der Waals surface area contributed by atoms with Crippen LogP contribution in [-0.2, 0) is 21.1 Å². The fraction of sp³-hybridized carbons (Fsp3) is 0.500. The van der Waals surface area contributed by atoms with Crippen LogP contribution in [0.4, 0.5) is 5.95 Å². The van der Waals surface area contributed by atoms with E-state index in [1.165, 1.54) is 17.2 Å². The van der Waals surface area contributed by atoms with Crippen molar-refractivity contribution in [3.63, 3.8) is 0 Å². The van der Waals surface area contributed by atoms with E-state index in [1.54, 1.807) is 7.05 Å². The maximum Gasteiger partial charge on any atom is 0.332 e. The van der Waals surface area contributed by atoms with E-state index < -0.39 is 0 Å². The van der Waals surface area contributed by atoms with Gasteiger partial charge in [0, 0.05) is 39.4 Å². The Hall–Kier alpha value is -2.84. The van der Waals surface area contributed by atoms with E-state index in [-0.39, 0.29) is 17.3 Å². The molecule has 132 valence electrons. The molecular formula is C16H21N7O2. The minimum atomic E-state index is -0.378. The number of nitrogens with zero attached hydrogens (tertiary/aromatic N) is 6. The second kappa shape index (κ2) is 5.33. The van der Waals surface area contributed by atoms with Crippen LogP contribution in [0.15, 0.2) is 15.8 Å². The van der Waals surface area contributed by atoms with Gasteiger partial charge in [0.25, 0.3) is 5.56 Å². The Morgan fingerprint density at radius 3 is 2.64 bits per heavy atom. The first-order valence-corrected chi connectivity index (χ1v) is 8.31. The van der Waals surface area contributed by atoms with Crippen molar-refractivity contribution >= 4 is 17.1 Å². The molecule has 9 nitrogen and oxygen atoms in total. The molecule has 0 aromatic carbocycles. The van der Waals surface area contributed by atoms with E-state index in [1.807, 2.05) is 24.9 Å². The van der Waals surface area contributed by atoms with E-state index in [4.69, 9.17) is 0 Å². The average Bonchev–Trinajstić information content (AvgIpc) is 3.28. The van der Waals surface area contributed by atoms with Gasteiger partial charge < -0.3 is 9.88 Å². The molecule has 4 heterocycles. The summed E-state index contributed by atoms with van der Waals surface area (Å²) in [6.07, 6.45) is 4.07. The highest BCUT2D eigenvalue weighted by Crippen LogP contribution is 2.36. The molecule has 1 atom stereocenters. The molecule has 3 aromatic heterocycles. The van der Waals surface area contributed by atoms with Crippen molar-refractivity contribution in [3.05, 3.63) is 38.3 Å². The lowest BCUT2D eigenvalue weighted by atomic mass is 10.1.